The zero-order valence-electron chi connectivity index (χ0n) is 16.8. The van der Waals surface area contributed by atoms with E-state index in [0.29, 0.717) is 24.3 Å². The van der Waals surface area contributed by atoms with Crippen LogP contribution in [0, 0.1) is 0 Å². The maximum atomic E-state index is 13.0. The lowest BCUT2D eigenvalue weighted by Gasteiger charge is -2.44. The summed E-state index contributed by atoms with van der Waals surface area (Å²) in [5.41, 5.74) is 0.605. The molecule has 0 unspecified atom stereocenters. The number of amides is 3. The number of aliphatic hydroxyl groups is 1. The van der Waals surface area contributed by atoms with Gasteiger partial charge in [0.05, 0.1) is 51.5 Å². The van der Waals surface area contributed by atoms with Gasteiger partial charge < -0.3 is 34.9 Å². The molecule has 9 heteroatoms. The molecule has 3 N–H and O–H groups in total. The third kappa shape index (κ3) is 5.59. The number of fused-ring (bicyclic) bond motifs is 1. The molecule has 2 fully saturated rings. The summed E-state index contributed by atoms with van der Waals surface area (Å²) in [5, 5.41) is 15.7. The van der Waals surface area contributed by atoms with Crippen molar-refractivity contribution in [2.75, 3.05) is 39.2 Å². The molecule has 0 aliphatic carbocycles. The summed E-state index contributed by atoms with van der Waals surface area (Å²) < 4.78 is 16.9. The van der Waals surface area contributed by atoms with Crippen LogP contribution in [0.15, 0.2) is 24.3 Å². The largest absolute Gasteiger partial charge is 0.497 e. The fraction of sp³-hybridized carbons (Fsp3) is 0.600. The normalized spacial score (nSPS) is 27.2. The Hall–Kier alpha value is -2.36. The fourth-order valence-electron chi connectivity index (χ4n) is 3.78. The highest BCUT2D eigenvalue weighted by Gasteiger charge is 2.40. The van der Waals surface area contributed by atoms with Gasteiger partial charge in [-0.05, 0) is 25.0 Å². The predicted molar refractivity (Wildman–Crippen MR) is 106 cm³/mol. The van der Waals surface area contributed by atoms with Gasteiger partial charge in [-0.3, -0.25) is 4.79 Å². The molecule has 160 valence electrons. The molecule has 1 aromatic rings. The molecular weight excluding hydrogens is 378 g/mol. The topological polar surface area (TPSA) is 109 Å². The van der Waals surface area contributed by atoms with E-state index in [0.717, 1.165) is 0 Å². The Morgan fingerprint density at radius 2 is 2.14 bits per heavy atom. The van der Waals surface area contributed by atoms with Crippen molar-refractivity contribution in [3.63, 3.8) is 0 Å². The van der Waals surface area contributed by atoms with Crippen molar-refractivity contribution < 1.29 is 28.9 Å². The van der Waals surface area contributed by atoms with Crippen molar-refractivity contribution in [3.8, 4) is 5.75 Å². The number of methoxy groups -OCH3 is 1. The zero-order valence-corrected chi connectivity index (χ0v) is 16.8. The number of anilines is 1. The van der Waals surface area contributed by atoms with Crippen molar-refractivity contribution in [1.29, 1.82) is 0 Å². The van der Waals surface area contributed by atoms with Gasteiger partial charge in [-0.25, -0.2) is 4.79 Å². The SMILES string of the molecule is CNC(=O)C[C@H]1CC[C@@H]2[C@H](COC[C@@H](O)CN2C(=O)Nc2cccc(OC)c2)O1. The number of carbonyl (C=O) groups excluding carboxylic acids is 2. The Bertz CT molecular complexity index is 715. The van der Waals surface area contributed by atoms with Crippen molar-refractivity contribution >= 4 is 17.6 Å². The molecule has 2 aliphatic heterocycles. The van der Waals surface area contributed by atoms with Crippen LogP contribution in [-0.4, -0.2) is 80.2 Å². The first-order valence-electron chi connectivity index (χ1n) is 9.83. The summed E-state index contributed by atoms with van der Waals surface area (Å²) in [7, 11) is 3.16. The van der Waals surface area contributed by atoms with E-state index in [1.165, 1.54) is 0 Å². The van der Waals surface area contributed by atoms with E-state index in [4.69, 9.17) is 14.2 Å². The number of rotatable bonds is 4. The second-order valence-corrected chi connectivity index (χ2v) is 7.32. The van der Waals surface area contributed by atoms with E-state index in [2.05, 4.69) is 10.6 Å². The number of ether oxygens (including phenoxy) is 3. The standard InChI is InChI=1S/C20H29N3O6/c1-21-19(25)9-16-6-7-17-18(29-16)12-28-11-14(24)10-23(17)20(26)22-13-4-3-5-15(8-13)27-2/h3-5,8,14,16-18,24H,6-7,9-12H2,1-2H3,(H,21,25)(H,22,26)/t14-,16+,17+,18-/m0/s1. The Labute approximate surface area is 170 Å². The first-order chi connectivity index (χ1) is 14.0. The first-order valence-corrected chi connectivity index (χ1v) is 9.83. The Kier molecular flexibility index (Phi) is 7.29. The van der Waals surface area contributed by atoms with Crippen LogP contribution < -0.4 is 15.4 Å². The monoisotopic (exact) mass is 407 g/mol. The lowest BCUT2D eigenvalue weighted by molar-refractivity contribution is -0.149. The van der Waals surface area contributed by atoms with Gasteiger partial charge in [0.2, 0.25) is 5.91 Å². The van der Waals surface area contributed by atoms with Gasteiger partial charge in [0.15, 0.2) is 0 Å². The van der Waals surface area contributed by atoms with Crippen LogP contribution in [0.5, 0.6) is 5.75 Å². The van der Waals surface area contributed by atoms with Gasteiger partial charge in [-0.1, -0.05) is 6.07 Å². The highest BCUT2D eigenvalue weighted by Crippen LogP contribution is 2.28. The third-order valence-corrected chi connectivity index (χ3v) is 5.25. The van der Waals surface area contributed by atoms with E-state index in [1.807, 2.05) is 0 Å². The molecule has 0 radical (unpaired) electrons. The number of nitrogens with zero attached hydrogens (tertiary/aromatic N) is 1. The molecule has 3 rings (SSSR count). The summed E-state index contributed by atoms with van der Waals surface area (Å²) in [4.78, 5) is 26.4. The minimum absolute atomic E-state index is 0.0803. The van der Waals surface area contributed by atoms with Gasteiger partial charge >= 0.3 is 6.03 Å². The quantitative estimate of drug-likeness (QED) is 0.686. The molecule has 0 saturated carbocycles. The fourth-order valence-corrected chi connectivity index (χ4v) is 3.78. The average molecular weight is 407 g/mol. The van der Waals surface area contributed by atoms with Gasteiger partial charge in [-0.15, -0.1) is 0 Å². The van der Waals surface area contributed by atoms with E-state index in [-0.39, 0.29) is 56.4 Å². The minimum Gasteiger partial charge on any atom is -0.497 e. The van der Waals surface area contributed by atoms with E-state index in [9.17, 15) is 14.7 Å². The number of aliphatic hydroxyl groups excluding tert-OH is 1. The molecule has 1 aromatic carbocycles. The zero-order chi connectivity index (χ0) is 20.8. The van der Waals surface area contributed by atoms with Gasteiger partial charge in [-0.2, -0.15) is 0 Å². The molecule has 2 saturated heterocycles. The second kappa shape index (κ2) is 9.91. The lowest BCUT2D eigenvalue weighted by atomic mass is 9.95. The van der Waals surface area contributed by atoms with Crippen LogP contribution in [0.2, 0.25) is 0 Å². The van der Waals surface area contributed by atoms with Crippen molar-refractivity contribution in [2.24, 2.45) is 0 Å². The smallest absolute Gasteiger partial charge is 0.322 e. The summed E-state index contributed by atoms with van der Waals surface area (Å²) in [6.07, 6.45) is 0.227. The molecule has 2 heterocycles. The van der Waals surface area contributed by atoms with Crippen LogP contribution in [0.25, 0.3) is 0 Å². The van der Waals surface area contributed by atoms with Gasteiger partial charge in [0, 0.05) is 18.8 Å². The molecule has 29 heavy (non-hydrogen) atoms. The van der Waals surface area contributed by atoms with E-state index < -0.39 is 6.10 Å². The number of nitrogens with one attached hydrogen (secondary N) is 2. The number of β-amino-alcohol motifs (C(OH)–C–C–N with tert-alkyl or cyclic N) is 1. The number of hydrogen-bond donors (Lipinski definition) is 3. The van der Waals surface area contributed by atoms with Gasteiger partial charge in [0.1, 0.15) is 11.9 Å². The molecule has 0 aromatic heterocycles. The number of hydrogen-bond acceptors (Lipinski definition) is 6. The maximum Gasteiger partial charge on any atom is 0.322 e. The summed E-state index contributed by atoms with van der Waals surface area (Å²) in [5.74, 6) is 0.558. The highest BCUT2D eigenvalue weighted by atomic mass is 16.5. The molecular formula is C20H29N3O6. The molecule has 4 atom stereocenters. The van der Waals surface area contributed by atoms with E-state index in [1.54, 1.807) is 43.3 Å². The van der Waals surface area contributed by atoms with Crippen molar-refractivity contribution in [2.45, 2.75) is 43.6 Å². The Balaban J connectivity index is 1.72. The summed E-state index contributed by atoms with van der Waals surface area (Å²) >= 11 is 0. The molecule has 9 nitrogen and oxygen atoms in total. The van der Waals surface area contributed by atoms with Crippen LogP contribution in [0.4, 0.5) is 10.5 Å². The minimum atomic E-state index is -0.782. The third-order valence-electron chi connectivity index (χ3n) is 5.25. The van der Waals surface area contributed by atoms with E-state index >= 15 is 0 Å². The number of benzene rings is 1. The number of carbonyl (C=O) groups is 2. The second-order valence-electron chi connectivity index (χ2n) is 7.32. The Morgan fingerprint density at radius 1 is 1.31 bits per heavy atom. The highest BCUT2D eigenvalue weighted by molar-refractivity contribution is 5.89. The predicted octanol–water partition coefficient (Wildman–Crippen LogP) is 0.973. The first kappa shape index (κ1) is 21.4. The van der Waals surface area contributed by atoms with Crippen LogP contribution in [0.3, 0.4) is 0 Å². The maximum absolute atomic E-state index is 13.0. The van der Waals surface area contributed by atoms with Crippen LogP contribution in [0.1, 0.15) is 19.3 Å². The van der Waals surface area contributed by atoms with Crippen molar-refractivity contribution in [1.82, 2.24) is 10.2 Å². The molecule has 0 bridgehead atoms. The average Bonchev–Trinajstić information content (AvgIpc) is 2.71. The number of urea groups is 1. The molecule has 3 amide bonds. The van der Waals surface area contributed by atoms with Crippen LogP contribution >= 0.6 is 0 Å². The summed E-state index contributed by atoms with van der Waals surface area (Å²) in [6.45, 7) is 0.519. The van der Waals surface area contributed by atoms with Crippen LogP contribution in [-0.2, 0) is 14.3 Å². The molecule has 0 spiro atoms. The van der Waals surface area contributed by atoms with Crippen molar-refractivity contribution in [3.05, 3.63) is 24.3 Å². The Morgan fingerprint density at radius 3 is 2.90 bits per heavy atom. The van der Waals surface area contributed by atoms with Gasteiger partial charge in [0.25, 0.3) is 0 Å². The lowest BCUT2D eigenvalue weighted by Crippen LogP contribution is -2.58. The molecule has 2 aliphatic rings. The summed E-state index contributed by atoms with van der Waals surface area (Å²) in [6, 6.07) is 6.53.